The quantitative estimate of drug-likeness (QED) is 0.939. The molecule has 3 rings (SSSR count). The molecule has 0 spiro atoms. The van der Waals surface area contributed by atoms with Gasteiger partial charge in [-0.25, -0.2) is 0 Å². The van der Waals surface area contributed by atoms with E-state index in [0.29, 0.717) is 16.8 Å². The van der Waals surface area contributed by atoms with Crippen LogP contribution >= 0.6 is 11.3 Å². The van der Waals surface area contributed by atoms with Gasteiger partial charge in [-0.2, -0.15) is 0 Å². The van der Waals surface area contributed by atoms with Crippen molar-refractivity contribution >= 4 is 22.4 Å². The monoisotopic (exact) mass is 303 g/mol. The van der Waals surface area contributed by atoms with Crippen LogP contribution in [0.2, 0.25) is 0 Å². The number of amides is 1. The average molecular weight is 303 g/mol. The minimum Gasteiger partial charge on any atom is -0.490 e. The highest BCUT2D eigenvalue weighted by Gasteiger charge is 2.15. The average Bonchev–Trinajstić information content (AvgIpc) is 3.02. The zero-order valence-corrected chi connectivity index (χ0v) is 12.4. The van der Waals surface area contributed by atoms with Crippen LogP contribution in [-0.4, -0.2) is 22.2 Å². The molecule has 1 aliphatic rings. The van der Waals surface area contributed by atoms with E-state index in [1.807, 2.05) is 12.1 Å². The highest BCUT2D eigenvalue weighted by molar-refractivity contribution is 7.13. The summed E-state index contributed by atoms with van der Waals surface area (Å²) in [5.41, 5.74) is 2.16. The van der Waals surface area contributed by atoms with Gasteiger partial charge in [-0.3, -0.25) is 10.1 Å². The van der Waals surface area contributed by atoms with Crippen LogP contribution in [0.1, 0.15) is 42.5 Å². The Labute approximate surface area is 127 Å². The van der Waals surface area contributed by atoms with Crippen LogP contribution in [0, 0.1) is 0 Å². The molecular weight excluding hydrogens is 286 g/mol. The van der Waals surface area contributed by atoms with Crippen molar-refractivity contribution in [2.75, 3.05) is 5.32 Å². The third kappa shape index (κ3) is 3.78. The van der Waals surface area contributed by atoms with Crippen LogP contribution in [0.25, 0.3) is 0 Å². The molecule has 110 valence electrons. The molecule has 1 aromatic carbocycles. The van der Waals surface area contributed by atoms with Gasteiger partial charge in [0, 0.05) is 5.56 Å². The number of anilines is 1. The van der Waals surface area contributed by atoms with Gasteiger partial charge in [-0.1, -0.05) is 17.8 Å². The summed E-state index contributed by atoms with van der Waals surface area (Å²) in [6, 6.07) is 7.25. The van der Waals surface area contributed by atoms with E-state index in [1.165, 1.54) is 30.6 Å². The summed E-state index contributed by atoms with van der Waals surface area (Å²) in [6.07, 6.45) is 6.36. The van der Waals surface area contributed by atoms with E-state index in [2.05, 4.69) is 15.5 Å². The Hall–Kier alpha value is -1.95. The Bertz CT molecular complexity index is 577. The third-order valence-corrected chi connectivity index (χ3v) is 4.16. The van der Waals surface area contributed by atoms with Gasteiger partial charge in [0.05, 0.1) is 6.10 Å². The molecule has 0 atom stereocenters. The molecule has 1 heterocycles. The number of hydrogen-bond donors (Lipinski definition) is 1. The highest BCUT2D eigenvalue weighted by atomic mass is 32.1. The van der Waals surface area contributed by atoms with Crippen LogP contribution in [0.15, 0.2) is 29.8 Å². The molecule has 6 heteroatoms. The lowest BCUT2D eigenvalue weighted by molar-refractivity contribution is 0.102. The summed E-state index contributed by atoms with van der Waals surface area (Å²) in [4.78, 5) is 12.0. The van der Waals surface area contributed by atoms with Gasteiger partial charge >= 0.3 is 0 Å². The predicted molar refractivity (Wildman–Crippen MR) is 81.8 cm³/mol. The van der Waals surface area contributed by atoms with Crippen molar-refractivity contribution in [3.63, 3.8) is 0 Å². The van der Waals surface area contributed by atoms with E-state index in [9.17, 15) is 4.79 Å². The van der Waals surface area contributed by atoms with Crippen LogP contribution in [-0.2, 0) is 0 Å². The Kier molecular flexibility index (Phi) is 4.45. The van der Waals surface area contributed by atoms with Crippen molar-refractivity contribution in [1.29, 1.82) is 0 Å². The molecule has 1 aromatic heterocycles. The largest absolute Gasteiger partial charge is 0.490 e. The molecule has 2 aromatic rings. The van der Waals surface area contributed by atoms with Gasteiger partial charge in [0.2, 0.25) is 5.13 Å². The van der Waals surface area contributed by atoms with Crippen LogP contribution < -0.4 is 10.1 Å². The number of nitrogens with zero attached hydrogens (tertiary/aromatic N) is 2. The molecule has 0 bridgehead atoms. The van der Waals surface area contributed by atoms with Crippen LogP contribution in [0.4, 0.5) is 5.13 Å². The zero-order chi connectivity index (χ0) is 14.5. The van der Waals surface area contributed by atoms with Gasteiger partial charge in [-0.05, 0) is 49.9 Å². The summed E-state index contributed by atoms with van der Waals surface area (Å²) in [5, 5.41) is 10.7. The van der Waals surface area contributed by atoms with Crippen molar-refractivity contribution in [3.05, 3.63) is 35.3 Å². The molecule has 21 heavy (non-hydrogen) atoms. The summed E-state index contributed by atoms with van der Waals surface area (Å²) in [6.45, 7) is 0. The Balaban J connectivity index is 1.59. The summed E-state index contributed by atoms with van der Waals surface area (Å²) < 4.78 is 5.94. The summed E-state index contributed by atoms with van der Waals surface area (Å²) in [5.74, 6) is 0.644. The fourth-order valence-corrected chi connectivity index (χ4v) is 2.90. The number of rotatable bonds is 4. The molecular formula is C15H17N3O2S. The maximum absolute atomic E-state index is 12.0. The third-order valence-electron chi connectivity index (χ3n) is 3.55. The molecule has 0 radical (unpaired) electrons. The second-order valence-electron chi connectivity index (χ2n) is 5.10. The number of nitrogens with one attached hydrogen (secondary N) is 1. The number of ether oxygens (including phenoxy) is 1. The van der Waals surface area contributed by atoms with Crippen molar-refractivity contribution in [3.8, 4) is 5.75 Å². The molecule has 5 nitrogen and oxygen atoms in total. The number of benzene rings is 1. The maximum atomic E-state index is 12.0. The first-order valence-corrected chi connectivity index (χ1v) is 8.03. The van der Waals surface area contributed by atoms with Crippen molar-refractivity contribution in [2.24, 2.45) is 0 Å². The van der Waals surface area contributed by atoms with E-state index in [4.69, 9.17) is 4.74 Å². The summed E-state index contributed by atoms with van der Waals surface area (Å²) in [7, 11) is 0. The molecule has 1 fully saturated rings. The smallest absolute Gasteiger partial charge is 0.257 e. The van der Waals surface area contributed by atoms with E-state index in [-0.39, 0.29) is 5.91 Å². The SMILES string of the molecule is O=C(Nc1nncs1)c1ccc(OC2CCCCC2)cc1. The topological polar surface area (TPSA) is 64.1 Å². The van der Waals surface area contributed by atoms with Gasteiger partial charge in [0.1, 0.15) is 11.3 Å². The van der Waals surface area contributed by atoms with E-state index < -0.39 is 0 Å². The fraction of sp³-hybridized carbons (Fsp3) is 0.400. The Morgan fingerprint density at radius 2 is 1.95 bits per heavy atom. The lowest BCUT2D eigenvalue weighted by Crippen LogP contribution is -2.19. The van der Waals surface area contributed by atoms with Crippen molar-refractivity contribution in [2.45, 2.75) is 38.2 Å². The second-order valence-corrected chi connectivity index (χ2v) is 5.93. The first-order chi connectivity index (χ1) is 10.3. The number of carbonyl (C=O) groups is 1. The molecule has 1 saturated carbocycles. The molecule has 0 aliphatic heterocycles. The van der Waals surface area contributed by atoms with Crippen molar-refractivity contribution in [1.82, 2.24) is 10.2 Å². The van der Waals surface area contributed by atoms with Gasteiger partial charge in [-0.15, -0.1) is 10.2 Å². The lowest BCUT2D eigenvalue weighted by atomic mass is 9.98. The second kappa shape index (κ2) is 6.67. The van der Waals surface area contributed by atoms with Gasteiger partial charge in [0.15, 0.2) is 0 Å². The maximum Gasteiger partial charge on any atom is 0.257 e. The number of hydrogen-bond acceptors (Lipinski definition) is 5. The number of aromatic nitrogens is 2. The predicted octanol–water partition coefficient (Wildman–Crippen LogP) is 3.50. The molecule has 0 unspecified atom stereocenters. The Morgan fingerprint density at radius 1 is 1.19 bits per heavy atom. The van der Waals surface area contributed by atoms with E-state index >= 15 is 0 Å². The summed E-state index contributed by atoms with van der Waals surface area (Å²) >= 11 is 1.29. The first-order valence-electron chi connectivity index (χ1n) is 7.15. The fourth-order valence-electron chi connectivity index (χ4n) is 2.46. The Morgan fingerprint density at radius 3 is 2.62 bits per heavy atom. The minimum atomic E-state index is -0.184. The van der Waals surface area contributed by atoms with E-state index in [1.54, 1.807) is 17.6 Å². The molecule has 0 saturated heterocycles. The van der Waals surface area contributed by atoms with Crippen LogP contribution in [0.3, 0.4) is 0 Å². The molecule has 1 N–H and O–H groups in total. The number of carbonyl (C=O) groups excluding carboxylic acids is 1. The first kappa shape index (κ1) is 14.0. The zero-order valence-electron chi connectivity index (χ0n) is 11.6. The molecule has 1 amide bonds. The van der Waals surface area contributed by atoms with Gasteiger partial charge in [0.25, 0.3) is 5.91 Å². The van der Waals surface area contributed by atoms with Crippen LogP contribution in [0.5, 0.6) is 5.75 Å². The lowest BCUT2D eigenvalue weighted by Gasteiger charge is -2.23. The molecule has 1 aliphatic carbocycles. The highest BCUT2D eigenvalue weighted by Crippen LogP contribution is 2.23. The van der Waals surface area contributed by atoms with Gasteiger partial charge < -0.3 is 4.74 Å². The van der Waals surface area contributed by atoms with Crippen molar-refractivity contribution < 1.29 is 9.53 Å². The van der Waals surface area contributed by atoms with E-state index in [0.717, 1.165) is 18.6 Å². The minimum absolute atomic E-state index is 0.184. The standard InChI is InChI=1S/C15H17N3O2S/c19-14(17-15-18-16-10-21-15)11-6-8-13(9-7-11)20-12-4-2-1-3-5-12/h6-10,12H,1-5H2,(H,17,18,19). The normalized spacial score (nSPS) is 15.6.